The van der Waals surface area contributed by atoms with E-state index in [9.17, 15) is 0 Å². The van der Waals surface area contributed by atoms with Gasteiger partial charge in [-0.05, 0) is 42.7 Å². The van der Waals surface area contributed by atoms with Gasteiger partial charge in [-0.25, -0.2) is 4.99 Å². The van der Waals surface area contributed by atoms with Crippen molar-refractivity contribution in [2.24, 2.45) is 4.99 Å². The quantitative estimate of drug-likeness (QED) is 0.782. The Labute approximate surface area is 151 Å². The van der Waals surface area contributed by atoms with Crippen LogP contribution in [0.2, 0.25) is 4.34 Å². The molecule has 0 N–H and O–H groups in total. The van der Waals surface area contributed by atoms with Crippen molar-refractivity contribution in [2.75, 3.05) is 31.1 Å². The van der Waals surface area contributed by atoms with Gasteiger partial charge in [-0.1, -0.05) is 35.4 Å². The number of anilines is 1. The van der Waals surface area contributed by atoms with Crippen LogP contribution in [0.3, 0.4) is 0 Å². The number of rotatable bonds is 3. The molecule has 124 valence electrons. The lowest BCUT2D eigenvalue weighted by molar-refractivity contribution is 0.348. The van der Waals surface area contributed by atoms with Gasteiger partial charge in [-0.15, -0.1) is 11.3 Å². The number of piperidine rings is 1. The molecule has 3 nitrogen and oxygen atoms in total. The first kappa shape index (κ1) is 15.7. The fraction of sp³-hybridized carbons (Fsp3) is 0.316. The highest BCUT2D eigenvalue weighted by atomic mass is 35.5. The summed E-state index contributed by atoms with van der Waals surface area (Å²) in [5.74, 6) is 0.775. The van der Waals surface area contributed by atoms with E-state index in [1.165, 1.54) is 16.1 Å². The van der Waals surface area contributed by atoms with Gasteiger partial charge in [0.15, 0.2) is 0 Å². The molecule has 2 aromatic rings. The molecule has 5 heteroatoms. The number of halogens is 1. The van der Waals surface area contributed by atoms with Gasteiger partial charge in [-0.2, -0.15) is 0 Å². The highest BCUT2D eigenvalue weighted by molar-refractivity contribution is 7.19. The first-order valence-electron chi connectivity index (χ1n) is 8.25. The molecule has 0 aliphatic carbocycles. The summed E-state index contributed by atoms with van der Waals surface area (Å²) in [6, 6.07) is 12.6. The van der Waals surface area contributed by atoms with Crippen LogP contribution in [0.4, 0.5) is 5.00 Å². The van der Waals surface area contributed by atoms with Gasteiger partial charge in [0.2, 0.25) is 5.90 Å². The molecule has 0 spiro atoms. The molecule has 2 aliphatic heterocycles. The van der Waals surface area contributed by atoms with Crippen LogP contribution in [0.25, 0.3) is 6.08 Å². The van der Waals surface area contributed by atoms with Gasteiger partial charge in [0.25, 0.3) is 0 Å². The predicted molar refractivity (Wildman–Crippen MR) is 103 cm³/mol. The Balaban J connectivity index is 1.40. The molecular formula is C19H19ClN2OS. The number of hydrogen-bond donors (Lipinski definition) is 0. The van der Waals surface area contributed by atoms with Gasteiger partial charge in [0.1, 0.15) is 6.61 Å². The van der Waals surface area contributed by atoms with E-state index in [2.05, 4.69) is 46.3 Å². The molecule has 2 aliphatic rings. The second-order valence-electron chi connectivity index (χ2n) is 6.02. The second kappa shape index (κ2) is 6.99. The van der Waals surface area contributed by atoms with E-state index < -0.39 is 0 Å². The number of ether oxygens (including phenoxy) is 1. The maximum absolute atomic E-state index is 6.04. The van der Waals surface area contributed by atoms with E-state index in [1.807, 2.05) is 6.07 Å². The molecular weight excluding hydrogens is 340 g/mol. The highest BCUT2D eigenvalue weighted by Crippen LogP contribution is 2.32. The van der Waals surface area contributed by atoms with Crippen molar-refractivity contribution in [1.29, 1.82) is 0 Å². The van der Waals surface area contributed by atoms with E-state index in [0.717, 1.165) is 48.3 Å². The van der Waals surface area contributed by atoms with Crippen molar-refractivity contribution in [3.8, 4) is 0 Å². The molecule has 0 unspecified atom stereocenters. The van der Waals surface area contributed by atoms with Gasteiger partial charge in [0, 0.05) is 18.7 Å². The monoisotopic (exact) mass is 358 g/mol. The van der Waals surface area contributed by atoms with E-state index in [0.29, 0.717) is 6.61 Å². The summed E-state index contributed by atoms with van der Waals surface area (Å²) in [6.45, 7) is 3.59. The minimum absolute atomic E-state index is 0.701. The van der Waals surface area contributed by atoms with Crippen LogP contribution in [0, 0.1) is 0 Å². The molecule has 1 fully saturated rings. The Hall–Kier alpha value is -1.78. The maximum Gasteiger partial charge on any atom is 0.216 e. The van der Waals surface area contributed by atoms with Crippen molar-refractivity contribution >= 4 is 39.9 Å². The Morgan fingerprint density at radius 3 is 2.50 bits per heavy atom. The van der Waals surface area contributed by atoms with Crippen LogP contribution in [0.1, 0.15) is 24.0 Å². The Morgan fingerprint density at radius 2 is 1.88 bits per heavy atom. The number of thiophene rings is 1. The van der Waals surface area contributed by atoms with E-state index in [1.54, 1.807) is 11.3 Å². The summed E-state index contributed by atoms with van der Waals surface area (Å²) in [6.07, 6.45) is 4.53. The van der Waals surface area contributed by atoms with E-state index in [-0.39, 0.29) is 0 Å². The van der Waals surface area contributed by atoms with Crippen LogP contribution < -0.4 is 4.90 Å². The Kier molecular flexibility index (Phi) is 4.58. The summed E-state index contributed by atoms with van der Waals surface area (Å²) in [5.41, 5.74) is 3.83. The highest BCUT2D eigenvalue weighted by Gasteiger charge is 2.16. The molecule has 24 heavy (non-hydrogen) atoms. The fourth-order valence-corrected chi connectivity index (χ4v) is 4.18. The molecule has 3 heterocycles. The van der Waals surface area contributed by atoms with E-state index >= 15 is 0 Å². The molecule has 0 radical (unpaired) electrons. The first-order valence-corrected chi connectivity index (χ1v) is 9.45. The van der Waals surface area contributed by atoms with Crippen LogP contribution in [0.5, 0.6) is 0 Å². The summed E-state index contributed by atoms with van der Waals surface area (Å²) in [5, 5.41) is 1.28. The van der Waals surface area contributed by atoms with Gasteiger partial charge < -0.3 is 9.64 Å². The zero-order valence-electron chi connectivity index (χ0n) is 13.4. The minimum Gasteiger partial charge on any atom is -0.476 e. The molecule has 1 aromatic heterocycles. The molecule has 1 saturated heterocycles. The Morgan fingerprint density at radius 1 is 1.08 bits per heavy atom. The summed E-state index contributed by atoms with van der Waals surface area (Å²) in [4.78, 5) is 6.78. The lowest BCUT2D eigenvalue weighted by Gasteiger charge is -2.29. The molecule has 0 bridgehead atoms. The smallest absolute Gasteiger partial charge is 0.216 e. The molecule has 0 atom stereocenters. The zero-order valence-corrected chi connectivity index (χ0v) is 14.9. The first-order chi connectivity index (χ1) is 11.8. The second-order valence-corrected chi connectivity index (χ2v) is 7.72. The fourth-order valence-electron chi connectivity index (χ4n) is 3.10. The third kappa shape index (κ3) is 3.50. The van der Waals surface area contributed by atoms with Crippen LogP contribution in [-0.4, -0.2) is 32.1 Å². The lowest BCUT2D eigenvalue weighted by Crippen LogP contribution is -2.29. The summed E-state index contributed by atoms with van der Waals surface area (Å²) >= 11 is 7.70. The van der Waals surface area contributed by atoms with Crippen LogP contribution in [-0.2, 0) is 4.74 Å². The van der Waals surface area contributed by atoms with Crippen molar-refractivity contribution in [3.63, 3.8) is 0 Å². The van der Waals surface area contributed by atoms with Gasteiger partial charge in [-0.3, -0.25) is 0 Å². The maximum atomic E-state index is 6.04. The van der Waals surface area contributed by atoms with Crippen molar-refractivity contribution < 1.29 is 4.74 Å². The van der Waals surface area contributed by atoms with Gasteiger partial charge in [0.05, 0.1) is 15.9 Å². The van der Waals surface area contributed by atoms with E-state index in [4.69, 9.17) is 16.3 Å². The topological polar surface area (TPSA) is 24.8 Å². The molecule has 0 saturated carbocycles. The average Bonchev–Trinajstić information content (AvgIpc) is 3.28. The third-order valence-electron chi connectivity index (χ3n) is 4.39. The zero-order chi connectivity index (χ0) is 16.4. The third-order valence-corrected chi connectivity index (χ3v) is 5.68. The lowest BCUT2D eigenvalue weighted by atomic mass is 10.0. The van der Waals surface area contributed by atoms with Crippen molar-refractivity contribution in [3.05, 3.63) is 57.4 Å². The van der Waals surface area contributed by atoms with Crippen molar-refractivity contribution in [1.82, 2.24) is 0 Å². The predicted octanol–water partition coefficient (Wildman–Crippen LogP) is 4.86. The number of hydrogen-bond acceptors (Lipinski definition) is 4. The average molecular weight is 359 g/mol. The SMILES string of the molecule is Clc1ccc(N2CCC(=Cc3ccc(C4=NCCO4)cc3)CC2)s1. The normalized spacial score (nSPS) is 17.6. The summed E-state index contributed by atoms with van der Waals surface area (Å²) in [7, 11) is 0. The Bertz CT molecular complexity index is 769. The largest absolute Gasteiger partial charge is 0.476 e. The van der Waals surface area contributed by atoms with Crippen molar-refractivity contribution in [2.45, 2.75) is 12.8 Å². The summed E-state index contributed by atoms with van der Waals surface area (Å²) < 4.78 is 6.37. The minimum atomic E-state index is 0.701. The molecule has 1 aromatic carbocycles. The molecule has 0 amide bonds. The standard InChI is InChI=1S/C19H19ClN2OS/c20-17-5-6-18(24-17)22-10-7-15(8-11-22)13-14-1-3-16(4-2-14)19-21-9-12-23-19/h1-6,13H,7-12H2. The number of nitrogens with zero attached hydrogens (tertiary/aromatic N) is 2. The van der Waals surface area contributed by atoms with Crippen LogP contribution >= 0.6 is 22.9 Å². The van der Waals surface area contributed by atoms with Crippen LogP contribution in [0.15, 0.2) is 47.0 Å². The van der Waals surface area contributed by atoms with Gasteiger partial charge >= 0.3 is 0 Å². The molecule has 4 rings (SSSR count). The number of aliphatic imine (C=N–C) groups is 1. The number of benzene rings is 1.